The first-order valence-electron chi connectivity index (χ1n) is 7.82. The minimum Gasteiger partial charge on any atom is -0.356 e. The Morgan fingerprint density at radius 2 is 1.91 bits per heavy atom. The number of ether oxygens (including phenoxy) is 1. The van der Waals surface area contributed by atoms with E-state index in [1.54, 1.807) is 0 Å². The van der Waals surface area contributed by atoms with Crippen LogP contribution >= 0.6 is 0 Å². The fourth-order valence-electron chi connectivity index (χ4n) is 3.21. The van der Waals surface area contributed by atoms with Crippen LogP contribution < -0.4 is 5.32 Å². The normalized spacial score (nSPS) is 22.7. The van der Waals surface area contributed by atoms with Crippen LogP contribution in [0.15, 0.2) is 30.3 Å². The van der Waals surface area contributed by atoms with Gasteiger partial charge in [0, 0.05) is 12.1 Å². The van der Waals surface area contributed by atoms with E-state index in [1.165, 1.54) is 4.90 Å². The third-order valence-electron chi connectivity index (χ3n) is 4.27. The molecule has 1 heterocycles. The number of benzene rings is 1. The van der Waals surface area contributed by atoms with Crippen LogP contribution in [0.2, 0.25) is 0 Å². The zero-order chi connectivity index (χ0) is 16.4. The highest BCUT2D eigenvalue weighted by atomic mass is 19.4. The van der Waals surface area contributed by atoms with Crippen molar-refractivity contribution in [3.63, 3.8) is 0 Å². The summed E-state index contributed by atoms with van der Waals surface area (Å²) in [7, 11) is 0. The number of nitrogens with one attached hydrogen (secondary N) is 1. The molecule has 0 bridgehead atoms. The molecule has 1 aliphatic carbocycles. The summed E-state index contributed by atoms with van der Waals surface area (Å²) >= 11 is 0. The van der Waals surface area contributed by atoms with Crippen molar-refractivity contribution >= 4 is 6.09 Å². The quantitative estimate of drug-likeness (QED) is 0.918. The fourth-order valence-corrected chi connectivity index (χ4v) is 3.21. The Morgan fingerprint density at radius 3 is 2.43 bits per heavy atom. The maximum Gasteiger partial charge on any atom is 0.576 e. The minimum absolute atomic E-state index is 0.0567. The zero-order valence-electron chi connectivity index (χ0n) is 12.6. The summed E-state index contributed by atoms with van der Waals surface area (Å²) in [6.45, 7) is 0.806. The van der Waals surface area contributed by atoms with Crippen LogP contribution in [0.4, 0.5) is 18.0 Å². The number of nitrogens with zero attached hydrogens (tertiary/aromatic N) is 1. The summed E-state index contributed by atoms with van der Waals surface area (Å²) in [6, 6.07) is 8.52. The van der Waals surface area contributed by atoms with Crippen LogP contribution in [0.25, 0.3) is 0 Å². The van der Waals surface area contributed by atoms with Crippen LogP contribution in [0.3, 0.4) is 0 Å². The molecule has 1 amide bonds. The van der Waals surface area contributed by atoms with Crippen molar-refractivity contribution in [3.8, 4) is 0 Å². The molecule has 1 aliphatic heterocycles. The predicted octanol–water partition coefficient (Wildman–Crippen LogP) is 3.60. The Balaban J connectivity index is 1.90. The molecule has 2 fully saturated rings. The van der Waals surface area contributed by atoms with Crippen LogP contribution in [0.1, 0.15) is 37.3 Å². The molecule has 2 unspecified atom stereocenters. The van der Waals surface area contributed by atoms with Gasteiger partial charge in [0.15, 0.2) is 0 Å². The lowest BCUT2D eigenvalue weighted by Crippen LogP contribution is -2.46. The second-order valence-corrected chi connectivity index (χ2v) is 6.01. The summed E-state index contributed by atoms with van der Waals surface area (Å²) in [6.07, 6.45) is -3.08. The summed E-state index contributed by atoms with van der Waals surface area (Å²) < 4.78 is 41.2. The lowest BCUT2D eigenvalue weighted by Gasteiger charge is -2.35. The van der Waals surface area contributed by atoms with Crippen molar-refractivity contribution in [2.75, 3.05) is 6.54 Å². The van der Waals surface area contributed by atoms with Gasteiger partial charge in [0.25, 0.3) is 0 Å². The van der Waals surface area contributed by atoms with E-state index in [0.717, 1.165) is 24.9 Å². The molecule has 0 aromatic heterocycles. The van der Waals surface area contributed by atoms with E-state index < -0.39 is 18.5 Å². The Hall–Kier alpha value is -1.76. The molecule has 4 nitrogen and oxygen atoms in total. The highest BCUT2D eigenvalue weighted by molar-refractivity contribution is 5.69. The molecule has 7 heteroatoms. The van der Waals surface area contributed by atoms with Crippen molar-refractivity contribution in [2.24, 2.45) is 0 Å². The van der Waals surface area contributed by atoms with E-state index in [0.29, 0.717) is 12.8 Å². The SMILES string of the molecule is O=C(OC(F)(F)F)N(C1CC1)C(c1ccccc1)C1CCCN1. The molecule has 1 N–H and O–H groups in total. The third-order valence-corrected chi connectivity index (χ3v) is 4.27. The van der Waals surface area contributed by atoms with E-state index in [9.17, 15) is 18.0 Å². The first-order valence-corrected chi connectivity index (χ1v) is 7.82. The van der Waals surface area contributed by atoms with Crippen LogP contribution in [0.5, 0.6) is 0 Å². The average Bonchev–Trinajstić information content (AvgIpc) is 3.17. The van der Waals surface area contributed by atoms with Gasteiger partial charge in [-0.1, -0.05) is 30.3 Å². The number of carbonyl (C=O) groups is 1. The maximum atomic E-state index is 12.5. The molecular weight excluding hydrogens is 309 g/mol. The summed E-state index contributed by atoms with van der Waals surface area (Å²) in [5.41, 5.74) is 0.831. The van der Waals surface area contributed by atoms with Crippen LogP contribution in [0, 0.1) is 0 Å². The molecule has 1 aromatic carbocycles. The number of carbonyl (C=O) groups excluding carboxylic acids is 1. The monoisotopic (exact) mass is 328 g/mol. The van der Waals surface area contributed by atoms with E-state index in [4.69, 9.17) is 0 Å². The van der Waals surface area contributed by atoms with E-state index in [1.807, 2.05) is 30.3 Å². The zero-order valence-corrected chi connectivity index (χ0v) is 12.6. The third kappa shape index (κ3) is 3.96. The van der Waals surface area contributed by atoms with Gasteiger partial charge < -0.3 is 10.1 Å². The molecule has 1 aromatic rings. The Kier molecular flexibility index (Phi) is 4.48. The van der Waals surface area contributed by atoms with Gasteiger partial charge in [-0.25, -0.2) is 4.79 Å². The van der Waals surface area contributed by atoms with Gasteiger partial charge in [-0.15, -0.1) is 13.2 Å². The summed E-state index contributed by atoms with van der Waals surface area (Å²) in [4.78, 5) is 13.5. The predicted molar refractivity (Wildman–Crippen MR) is 77.6 cm³/mol. The number of amides is 1. The summed E-state index contributed by atoms with van der Waals surface area (Å²) in [5.74, 6) is 0. The lowest BCUT2D eigenvalue weighted by atomic mass is 9.96. The Labute approximate surface area is 132 Å². The standard InChI is InChI=1S/C16H19F3N2O2/c17-16(18,19)23-15(22)21(12-8-9-12)14(13-7-4-10-20-13)11-5-2-1-3-6-11/h1-3,5-6,12-14,20H,4,7-10H2. The minimum atomic E-state index is -4.96. The van der Waals surface area contributed by atoms with Crippen molar-refractivity contribution in [1.82, 2.24) is 10.2 Å². The largest absolute Gasteiger partial charge is 0.576 e. The van der Waals surface area contributed by atoms with E-state index in [2.05, 4.69) is 10.1 Å². The van der Waals surface area contributed by atoms with Crippen LogP contribution in [-0.2, 0) is 4.74 Å². The van der Waals surface area contributed by atoms with Gasteiger partial charge in [0.05, 0.1) is 6.04 Å². The lowest BCUT2D eigenvalue weighted by molar-refractivity contribution is -0.295. The molecule has 1 saturated heterocycles. The molecule has 3 rings (SSSR count). The molecule has 1 saturated carbocycles. The smallest absolute Gasteiger partial charge is 0.356 e. The Morgan fingerprint density at radius 1 is 1.22 bits per heavy atom. The topological polar surface area (TPSA) is 41.6 Å². The number of alkyl halides is 3. The van der Waals surface area contributed by atoms with Crippen molar-refractivity contribution in [3.05, 3.63) is 35.9 Å². The fraction of sp³-hybridized carbons (Fsp3) is 0.562. The number of rotatable bonds is 4. The van der Waals surface area contributed by atoms with Gasteiger partial charge in [-0.3, -0.25) is 4.90 Å². The Bertz CT molecular complexity index is 540. The highest BCUT2D eigenvalue weighted by Crippen LogP contribution is 2.39. The molecule has 126 valence electrons. The first-order chi connectivity index (χ1) is 11.0. The second-order valence-electron chi connectivity index (χ2n) is 6.01. The summed E-state index contributed by atoms with van der Waals surface area (Å²) in [5, 5.41) is 3.31. The number of halogens is 3. The highest BCUT2D eigenvalue weighted by Gasteiger charge is 2.46. The van der Waals surface area contributed by atoms with Gasteiger partial charge in [-0.05, 0) is 37.8 Å². The molecule has 2 atom stereocenters. The molecule has 2 aliphatic rings. The van der Waals surface area contributed by atoms with Gasteiger partial charge in [0.2, 0.25) is 0 Å². The number of hydrogen-bond donors (Lipinski definition) is 1. The molecular formula is C16H19F3N2O2. The molecule has 0 spiro atoms. The molecule has 23 heavy (non-hydrogen) atoms. The first kappa shape index (κ1) is 16.1. The van der Waals surface area contributed by atoms with Crippen molar-refractivity contribution in [2.45, 2.75) is 50.2 Å². The van der Waals surface area contributed by atoms with Crippen molar-refractivity contribution in [1.29, 1.82) is 0 Å². The van der Waals surface area contributed by atoms with Gasteiger partial charge in [-0.2, -0.15) is 0 Å². The average molecular weight is 328 g/mol. The molecule has 0 radical (unpaired) electrons. The number of hydrogen-bond acceptors (Lipinski definition) is 3. The van der Waals surface area contributed by atoms with Gasteiger partial charge in [0.1, 0.15) is 0 Å². The van der Waals surface area contributed by atoms with E-state index >= 15 is 0 Å². The van der Waals surface area contributed by atoms with E-state index in [-0.39, 0.29) is 12.1 Å². The maximum absolute atomic E-state index is 12.5. The van der Waals surface area contributed by atoms with Crippen molar-refractivity contribution < 1.29 is 22.7 Å². The van der Waals surface area contributed by atoms with Gasteiger partial charge >= 0.3 is 12.5 Å². The second kappa shape index (κ2) is 6.39. The van der Waals surface area contributed by atoms with Crippen LogP contribution in [-0.4, -0.2) is 36.0 Å².